The second-order valence-corrected chi connectivity index (χ2v) is 4.35. The zero-order chi connectivity index (χ0) is 10.7. The third-order valence-corrected chi connectivity index (χ3v) is 2.79. The summed E-state index contributed by atoms with van der Waals surface area (Å²) in [5.74, 6) is 0.591. The van der Waals surface area contributed by atoms with E-state index in [2.05, 4.69) is 15.9 Å². The molecule has 0 N–H and O–H groups in total. The van der Waals surface area contributed by atoms with Crippen LogP contribution in [0.4, 0.5) is 0 Å². The molecule has 0 saturated heterocycles. The first-order valence-corrected chi connectivity index (χ1v) is 5.65. The van der Waals surface area contributed by atoms with Crippen LogP contribution in [0.2, 0.25) is 0 Å². The summed E-state index contributed by atoms with van der Waals surface area (Å²) in [6, 6.07) is 7.76. The van der Waals surface area contributed by atoms with E-state index in [0.29, 0.717) is 18.8 Å². The molecule has 2 rings (SSSR count). The quantitative estimate of drug-likeness (QED) is 0.841. The van der Waals surface area contributed by atoms with Gasteiger partial charge < -0.3 is 4.74 Å². The van der Waals surface area contributed by atoms with Gasteiger partial charge in [0.15, 0.2) is 5.76 Å². The summed E-state index contributed by atoms with van der Waals surface area (Å²) in [4.78, 5) is 11.7. The van der Waals surface area contributed by atoms with Gasteiger partial charge in [-0.3, -0.25) is 4.79 Å². The summed E-state index contributed by atoms with van der Waals surface area (Å²) in [5, 5.41) is 0. The molecule has 2 nitrogen and oxygen atoms in total. The van der Waals surface area contributed by atoms with Crippen LogP contribution in [-0.2, 0) is 16.0 Å². The molecule has 0 amide bonds. The number of carbonyl (C=O) groups excluding carboxylic acids is 1. The maximum Gasteiger partial charge on any atom is 0.201 e. The van der Waals surface area contributed by atoms with E-state index in [1.807, 2.05) is 30.3 Å². The van der Waals surface area contributed by atoms with Gasteiger partial charge in [0.25, 0.3) is 0 Å². The van der Waals surface area contributed by atoms with Crippen molar-refractivity contribution in [1.82, 2.24) is 0 Å². The van der Waals surface area contributed by atoms with Crippen LogP contribution in [-0.4, -0.2) is 12.4 Å². The molecule has 1 heterocycles. The van der Waals surface area contributed by atoms with Crippen LogP contribution < -0.4 is 0 Å². The molecule has 0 fully saturated rings. The number of Topliss-reactive ketones (excluding diaryl/α,β-unsaturated/α-hetero) is 1. The first-order valence-electron chi connectivity index (χ1n) is 4.86. The highest BCUT2D eigenvalue weighted by molar-refractivity contribution is 9.10. The van der Waals surface area contributed by atoms with Crippen LogP contribution in [0.3, 0.4) is 0 Å². The number of ether oxygens (including phenoxy) is 1. The molecule has 0 bridgehead atoms. The highest BCUT2D eigenvalue weighted by Crippen LogP contribution is 2.15. The lowest BCUT2D eigenvalue weighted by molar-refractivity contribution is -0.117. The lowest BCUT2D eigenvalue weighted by atomic mass is 10.1. The van der Waals surface area contributed by atoms with E-state index in [-0.39, 0.29) is 5.78 Å². The van der Waals surface area contributed by atoms with Gasteiger partial charge in [0.05, 0.1) is 6.61 Å². The Morgan fingerprint density at radius 3 is 2.67 bits per heavy atom. The molecule has 0 aromatic heterocycles. The fraction of sp³-hybridized carbons (Fsp3) is 0.250. The van der Waals surface area contributed by atoms with Crippen LogP contribution in [0.5, 0.6) is 0 Å². The van der Waals surface area contributed by atoms with E-state index < -0.39 is 0 Å². The molecular formula is C12H11BrO2. The zero-order valence-corrected chi connectivity index (χ0v) is 9.79. The topological polar surface area (TPSA) is 26.3 Å². The monoisotopic (exact) mass is 266 g/mol. The van der Waals surface area contributed by atoms with Crippen LogP contribution in [0, 0.1) is 0 Å². The Labute approximate surface area is 97.1 Å². The third-order valence-electron chi connectivity index (χ3n) is 2.26. The number of halogens is 1. The number of hydrogen-bond donors (Lipinski definition) is 0. The highest BCUT2D eigenvalue weighted by atomic mass is 79.9. The van der Waals surface area contributed by atoms with Gasteiger partial charge in [0.1, 0.15) is 0 Å². The van der Waals surface area contributed by atoms with Crippen LogP contribution >= 0.6 is 15.9 Å². The summed E-state index contributed by atoms with van der Waals surface area (Å²) in [5.41, 5.74) is 1.01. The first kappa shape index (κ1) is 10.4. The smallest absolute Gasteiger partial charge is 0.201 e. The number of ketones is 1. The second kappa shape index (κ2) is 4.62. The largest absolute Gasteiger partial charge is 0.490 e. The fourth-order valence-electron chi connectivity index (χ4n) is 1.49. The normalized spacial score (nSPS) is 14.6. The molecule has 1 aromatic rings. The molecular weight excluding hydrogens is 256 g/mol. The Balaban J connectivity index is 2.02. The van der Waals surface area contributed by atoms with Crippen molar-refractivity contribution in [3.8, 4) is 0 Å². The molecule has 1 aromatic carbocycles. The molecule has 15 heavy (non-hydrogen) atoms. The van der Waals surface area contributed by atoms with Gasteiger partial charge in [-0.05, 0) is 23.8 Å². The summed E-state index contributed by atoms with van der Waals surface area (Å²) in [6.45, 7) is 0.640. The maximum absolute atomic E-state index is 11.7. The number of allylic oxidation sites excluding steroid dienone is 1. The lowest BCUT2D eigenvalue weighted by Gasteiger charge is -2.03. The Morgan fingerprint density at radius 2 is 2.07 bits per heavy atom. The molecule has 0 aliphatic carbocycles. The van der Waals surface area contributed by atoms with E-state index >= 15 is 0 Å². The standard InChI is InChI=1S/C12H11BrO2/c13-10-5-3-9(4-6-10)8-11(14)12-2-1-7-15-12/h2-6H,1,7-8H2. The van der Waals surface area contributed by atoms with Crippen LogP contribution in [0.15, 0.2) is 40.6 Å². The van der Waals surface area contributed by atoms with Crippen molar-refractivity contribution in [2.75, 3.05) is 6.61 Å². The van der Waals surface area contributed by atoms with Crippen LogP contribution in [0.25, 0.3) is 0 Å². The minimum atomic E-state index is 0.0647. The molecule has 0 saturated carbocycles. The maximum atomic E-state index is 11.7. The van der Waals surface area contributed by atoms with Gasteiger partial charge in [-0.2, -0.15) is 0 Å². The van der Waals surface area contributed by atoms with Crippen LogP contribution in [0.1, 0.15) is 12.0 Å². The van der Waals surface area contributed by atoms with Crippen molar-refractivity contribution >= 4 is 21.7 Å². The van der Waals surface area contributed by atoms with Gasteiger partial charge in [0.2, 0.25) is 5.78 Å². The number of rotatable bonds is 3. The van der Waals surface area contributed by atoms with E-state index in [0.717, 1.165) is 16.5 Å². The van der Waals surface area contributed by atoms with Gasteiger partial charge in [0, 0.05) is 17.3 Å². The van der Waals surface area contributed by atoms with E-state index in [1.54, 1.807) is 0 Å². The third kappa shape index (κ3) is 2.69. The minimum absolute atomic E-state index is 0.0647. The van der Waals surface area contributed by atoms with Gasteiger partial charge in [-0.15, -0.1) is 0 Å². The molecule has 1 aliphatic rings. The van der Waals surface area contributed by atoms with E-state index in [4.69, 9.17) is 4.74 Å². The molecule has 0 radical (unpaired) electrons. The summed E-state index contributed by atoms with van der Waals surface area (Å²) in [6.07, 6.45) is 3.13. The predicted octanol–water partition coefficient (Wildman–Crippen LogP) is 2.86. The van der Waals surface area contributed by atoms with Gasteiger partial charge in [-0.1, -0.05) is 28.1 Å². The second-order valence-electron chi connectivity index (χ2n) is 3.43. The van der Waals surface area contributed by atoms with Gasteiger partial charge >= 0.3 is 0 Å². The summed E-state index contributed by atoms with van der Waals surface area (Å²) in [7, 11) is 0. The van der Waals surface area contributed by atoms with E-state index in [9.17, 15) is 4.79 Å². The molecule has 78 valence electrons. The molecule has 0 atom stereocenters. The SMILES string of the molecule is O=C(Cc1ccc(Br)cc1)C1=CCCO1. The molecule has 1 aliphatic heterocycles. The van der Waals surface area contributed by atoms with Crippen molar-refractivity contribution < 1.29 is 9.53 Å². The van der Waals surface area contributed by atoms with Crippen molar-refractivity contribution in [2.24, 2.45) is 0 Å². The number of carbonyl (C=O) groups is 1. The number of benzene rings is 1. The fourth-order valence-corrected chi connectivity index (χ4v) is 1.75. The molecule has 3 heteroatoms. The Bertz CT molecular complexity index is 393. The summed E-state index contributed by atoms with van der Waals surface area (Å²) < 4.78 is 6.24. The predicted molar refractivity (Wildman–Crippen MR) is 61.5 cm³/mol. The average molecular weight is 267 g/mol. The van der Waals surface area contributed by atoms with Crippen molar-refractivity contribution in [1.29, 1.82) is 0 Å². The average Bonchev–Trinajstić information content (AvgIpc) is 2.74. The summed E-state index contributed by atoms with van der Waals surface area (Å²) >= 11 is 3.36. The van der Waals surface area contributed by atoms with Gasteiger partial charge in [-0.25, -0.2) is 0 Å². The molecule has 0 spiro atoms. The highest BCUT2D eigenvalue weighted by Gasteiger charge is 2.14. The van der Waals surface area contributed by atoms with E-state index in [1.165, 1.54) is 0 Å². The van der Waals surface area contributed by atoms with Crippen molar-refractivity contribution in [2.45, 2.75) is 12.8 Å². The van der Waals surface area contributed by atoms with Crippen molar-refractivity contribution in [3.05, 3.63) is 46.1 Å². The zero-order valence-electron chi connectivity index (χ0n) is 8.20. The first-order chi connectivity index (χ1) is 7.25. The minimum Gasteiger partial charge on any atom is -0.490 e. The molecule has 0 unspecified atom stereocenters. The lowest BCUT2D eigenvalue weighted by Crippen LogP contribution is -2.06. The Hall–Kier alpha value is -1.09. The Morgan fingerprint density at radius 1 is 1.33 bits per heavy atom. The Kier molecular flexibility index (Phi) is 3.21. The van der Waals surface area contributed by atoms with Crippen molar-refractivity contribution in [3.63, 3.8) is 0 Å². The number of hydrogen-bond acceptors (Lipinski definition) is 2.